The molecule has 0 unspecified atom stereocenters. The largest absolute Gasteiger partial charge is 0.381 e. The Balaban J connectivity index is 1.59. The van der Waals surface area contributed by atoms with Crippen molar-refractivity contribution < 1.29 is 13.9 Å². The number of urea groups is 1. The summed E-state index contributed by atoms with van der Waals surface area (Å²) in [5.74, 6) is -0.286. The maximum atomic E-state index is 13.2. The van der Waals surface area contributed by atoms with Gasteiger partial charge in [0, 0.05) is 26.2 Å². The van der Waals surface area contributed by atoms with Gasteiger partial charge in [0.15, 0.2) is 0 Å². The molecule has 5 heteroatoms. The van der Waals surface area contributed by atoms with Crippen LogP contribution in [0.25, 0.3) is 0 Å². The van der Waals surface area contributed by atoms with Crippen molar-refractivity contribution in [3.63, 3.8) is 0 Å². The van der Waals surface area contributed by atoms with Crippen LogP contribution >= 0.6 is 0 Å². The molecule has 2 aromatic rings. The van der Waals surface area contributed by atoms with E-state index >= 15 is 0 Å². The summed E-state index contributed by atoms with van der Waals surface area (Å²) >= 11 is 0. The highest BCUT2D eigenvalue weighted by molar-refractivity contribution is 5.74. The molecule has 0 aromatic heterocycles. The molecule has 1 N–H and O–H groups in total. The number of halogens is 1. The maximum absolute atomic E-state index is 13.2. The molecule has 2 rings (SSSR count). The second-order valence-corrected chi connectivity index (χ2v) is 6.08. The fraction of sp³-hybridized carbons (Fsp3) is 0.381. The molecule has 0 spiro atoms. The number of nitrogens with zero attached hydrogens (tertiary/aromatic N) is 1. The number of nitrogens with one attached hydrogen (secondary N) is 1. The second kappa shape index (κ2) is 11.3. The third-order valence-electron chi connectivity index (χ3n) is 4.05. The lowest BCUT2D eigenvalue weighted by molar-refractivity contribution is 0.134. The molecule has 2 amide bonds. The van der Waals surface area contributed by atoms with Gasteiger partial charge in [-0.1, -0.05) is 42.5 Å². The van der Waals surface area contributed by atoms with Gasteiger partial charge in [-0.15, -0.1) is 0 Å². The van der Waals surface area contributed by atoms with Crippen molar-refractivity contribution in [3.8, 4) is 0 Å². The highest BCUT2D eigenvalue weighted by atomic mass is 19.1. The van der Waals surface area contributed by atoms with E-state index in [0.717, 1.165) is 18.4 Å². The number of carbonyl (C=O) groups excluding carboxylic acids is 1. The van der Waals surface area contributed by atoms with Crippen LogP contribution < -0.4 is 5.32 Å². The SMILES string of the molecule is CCN(Cc1cccc(F)c1)C(=O)NCCCOCCc1ccccc1. The van der Waals surface area contributed by atoms with Crippen LogP contribution in [-0.2, 0) is 17.7 Å². The summed E-state index contributed by atoms with van der Waals surface area (Å²) < 4.78 is 18.9. The molecule has 2 aromatic carbocycles. The molecule has 0 fully saturated rings. The number of hydrogen-bond donors (Lipinski definition) is 1. The molecule has 26 heavy (non-hydrogen) atoms. The van der Waals surface area contributed by atoms with Crippen LogP contribution in [0.2, 0.25) is 0 Å². The Hall–Kier alpha value is -2.40. The molecule has 0 radical (unpaired) electrons. The summed E-state index contributed by atoms with van der Waals surface area (Å²) in [5.41, 5.74) is 2.04. The van der Waals surface area contributed by atoms with Crippen molar-refractivity contribution in [3.05, 3.63) is 71.5 Å². The van der Waals surface area contributed by atoms with E-state index in [9.17, 15) is 9.18 Å². The molecule has 4 nitrogen and oxygen atoms in total. The molecular weight excluding hydrogens is 331 g/mol. The molecule has 140 valence electrons. The monoisotopic (exact) mass is 358 g/mol. The Morgan fingerprint density at radius 3 is 2.58 bits per heavy atom. The summed E-state index contributed by atoms with van der Waals surface area (Å²) in [7, 11) is 0. The van der Waals surface area contributed by atoms with E-state index in [1.807, 2.05) is 31.2 Å². The first kappa shape index (κ1) is 19.9. The number of amides is 2. The van der Waals surface area contributed by atoms with E-state index in [4.69, 9.17) is 4.74 Å². The van der Waals surface area contributed by atoms with Gasteiger partial charge >= 0.3 is 6.03 Å². The Kier molecular flexibility index (Phi) is 8.63. The molecule has 0 aliphatic heterocycles. The zero-order valence-corrected chi connectivity index (χ0v) is 15.3. The molecule has 0 atom stereocenters. The molecular formula is C21H27FN2O2. The first-order valence-corrected chi connectivity index (χ1v) is 9.08. The van der Waals surface area contributed by atoms with E-state index in [-0.39, 0.29) is 11.8 Å². The predicted octanol–water partition coefficient (Wildman–Crippen LogP) is 4.01. The van der Waals surface area contributed by atoms with Crippen molar-refractivity contribution >= 4 is 6.03 Å². The zero-order chi connectivity index (χ0) is 18.6. The molecule has 0 aliphatic carbocycles. The summed E-state index contributed by atoms with van der Waals surface area (Å²) in [6.07, 6.45) is 1.66. The topological polar surface area (TPSA) is 41.6 Å². The maximum Gasteiger partial charge on any atom is 0.317 e. The van der Waals surface area contributed by atoms with E-state index in [1.54, 1.807) is 11.0 Å². The minimum Gasteiger partial charge on any atom is -0.381 e. The van der Waals surface area contributed by atoms with Crippen LogP contribution in [0.3, 0.4) is 0 Å². The van der Waals surface area contributed by atoms with Gasteiger partial charge in [-0.2, -0.15) is 0 Å². The summed E-state index contributed by atoms with van der Waals surface area (Å²) in [6, 6.07) is 16.4. The van der Waals surface area contributed by atoms with Crippen LogP contribution in [0.15, 0.2) is 54.6 Å². The number of benzene rings is 2. The number of rotatable bonds is 10. The molecule has 0 bridgehead atoms. The van der Waals surface area contributed by atoms with Gasteiger partial charge < -0.3 is 15.0 Å². The van der Waals surface area contributed by atoms with Crippen molar-refractivity contribution in [1.29, 1.82) is 0 Å². The third kappa shape index (κ3) is 7.23. The summed E-state index contributed by atoms with van der Waals surface area (Å²) in [6.45, 7) is 4.72. The Morgan fingerprint density at radius 2 is 1.85 bits per heavy atom. The third-order valence-corrected chi connectivity index (χ3v) is 4.05. The number of carbonyl (C=O) groups is 1. The van der Waals surface area contributed by atoms with Gasteiger partial charge in [0.25, 0.3) is 0 Å². The van der Waals surface area contributed by atoms with Gasteiger partial charge in [-0.25, -0.2) is 9.18 Å². The lowest BCUT2D eigenvalue weighted by Crippen LogP contribution is -2.40. The molecule has 0 saturated carbocycles. The van der Waals surface area contributed by atoms with Crippen molar-refractivity contribution in [2.75, 3.05) is 26.3 Å². The highest BCUT2D eigenvalue weighted by Gasteiger charge is 2.11. The van der Waals surface area contributed by atoms with Crippen LogP contribution in [0.5, 0.6) is 0 Å². The zero-order valence-electron chi connectivity index (χ0n) is 15.3. The highest BCUT2D eigenvalue weighted by Crippen LogP contribution is 2.07. The van der Waals surface area contributed by atoms with Crippen molar-refractivity contribution in [2.45, 2.75) is 26.3 Å². The first-order chi connectivity index (χ1) is 12.7. The lowest BCUT2D eigenvalue weighted by atomic mass is 10.2. The van der Waals surface area contributed by atoms with Gasteiger partial charge in [0.1, 0.15) is 5.82 Å². The van der Waals surface area contributed by atoms with Crippen LogP contribution in [0.4, 0.5) is 9.18 Å². The van der Waals surface area contributed by atoms with Gasteiger partial charge in [-0.3, -0.25) is 0 Å². The minimum absolute atomic E-state index is 0.138. The first-order valence-electron chi connectivity index (χ1n) is 9.08. The lowest BCUT2D eigenvalue weighted by Gasteiger charge is -2.21. The number of ether oxygens (including phenoxy) is 1. The standard InChI is InChI=1S/C21H27FN2O2/c1-2-24(17-19-10-6-11-20(22)16-19)21(25)23-13-7-14-26-15-12-18-8-4-3-5-9-18/h3-6,8-11,16H,2,7,12-15,17H2,1H3,(H,23,25). The van der Waals surface area contributed by atoms with Gasteiger partial charge in [-0.05, 0) is 43.0 Å². The molecule has 0 heterocycles. The van der Waals surface area contributed by atoms with Gasteiger partial charge in [0.2, 0.25) is 0 Å². The quantitative estimate of drug-likeness (QED) is 0.652. The molecule has 0 aliphatic rings. The van der Waals surface area contributed by atoms with E-state index in [2.05, 4.69) is 17.4 Å². The van der Waals surface area contributed by atoms with Crippen LogP contribution in [0.1, 0.15) is 24.5 Å². The Morgan fingerprint density at radius 1 is 1.08 bits per heavy atom. The van der Waals surface area contributed by atoms with E-state index < -0.39 is 0 Å². The van der Waals surface area contributed by atoms with Crippen LogP contribution in [0, 0.1) is 5.82 Å². The fourth-order valence-corrected chi connectivity index (χ4v) is 2.60. The Labute approximate surface area is 155 Å². The Bertz CT molecular complexity index is 664. The van der Waals surface area contributed by atoms with Crippen LogP contribution in [-0.4, -0.2) is 37.2 Å². The minimum atomic E-state index is -0.286. The average molecular weight is 358 g/mol. The van der Waals surface area contributed by atoms with E-state index in [1.165, 1.54) is 17.7 Å². The van der Waals surface area contributed by atoms with Crippen molar-refractivity contribution in [1.82, 2.24) is 10.2 Å². The van der Waals surface area contributed by atoms with Crippen molar-refractivity contribution in [2.24, 2.45) is 0 Å². The smallest absolute Gasteiger partial charge is 0.317 e. The number of hydrogen-bond acceptors (Lipinski definition) is 2. The predicted molar refractivity (Wildman–Crippen MR) is 101 cm³/mol. The van der Waals surface area contributed by atoms with Gasteiger partial charge in [0.05, 0.1) is 6.61 Å². The second-order valence-electron chi connectivity index (χ2n) is 6.08. The average Bonchev–Trinajstić information content (AvgIpc) is 2.66. The fourth-order valence-electron chi connectivity index (χ4n) is 2.60. The molecule has 0 saturated heterocycles. The van der Waals surface area contributed by atoms with E-state index in [0.29, 0.717) is 32.8 Å². The normalized spacial score (nSPS) is 10.5. The summed E-state index contributed by atoms with van der Waals surface area (Å²) in [5, 5.41) is 2.89. The summed E-state index contributed by atoms with van der Waals surface area (Å²) in [4.78, 5) is 13.9.